The van der Waals surface area contributed by atoms with Gasteiger partial charge in [0.25, 0.3) is 0 Å². The van der Waals surface area contributed by atoms with Crippen LogP contribution in [-0.4, -0.2) is 4.75 Å². The average Bonchev–Trinajstić information content (AvgIpc) is 2.53. The van der Waals surface area contributed by atoms with Gasteiger partial charge in [-0.25, -0.2) is 0 Å². The van der Waals surface area contributed by atoms with Gasteiger partial charge in [-0.05, 0) is 44.2 Å². The summed E-state index contributed by atoms with van der Waals surface area (Å²) >= 11 is 2.09. The summed E-state index contributed by atoms with van der Waals surface area (Å²) in [6, 6.07) is 10.9. The summed E-state index contributed by atoms with van der Waals surface area (Å²) in [6.07, 6.45) is 16.4. The number of unbranched alkanes of at least 4 members (excludes halogenated alkanes) is 4. The largest absolute Gasteiger partial charge is 0.120 e. The third-order valence-corrected chi connectivity index (χ3v) is 5.55. The van der Waals surface area contributed by atoms with Crippen LogP contribution in [0.3, 0.4) is 0 Å². The molecule has 124 valence electrons. The van der Waals surface area contributed by atoms with E-state index in [0.29, 0.717) is 4.75 Å². The van der Waals surface area contributed by atoms with Gasteiger partial charge in [-0.1, -0.05) is 76.8 Å². The number of hydrogen-bond donors (Lipinski definition) is 0. The van der Waals surface area contributed by atoms with Crippen LogP contribution in [0.4, 0.5) is 0 Å². The molecule has 1 aromatic rings. The molecular formula is C21H34S. The Morgan fingerprint density at radius 1 is 0.909 bits per heavy atom. The molecule has 0 heterocycles. The zero-order chi connectivity index (χ0) is 16.1. The summed E-state index contributed by atoms with van der Waals surface area (Å²) in [7, 11) is 0. The molecule has 0 N–H and O–H groups in total. The van der Waals surface area contributed by atoms with Gasteiger partial charge in [0, 0.05) is 9.64 Å². The number of allylic oxidation sites excluding steroid dienone is 2. The Kier molecular flexibility index (Phi) is 10.4. The highest BCUT2D eigenvalue weighted by Gasteiger charge is 2.24. The van der Waals surface area contributed by atoms with Crippen molar-refractivity contribution in [1.82, 2.24) is 0 Å². The lowest BCUT2D eigenvalue weighted by atomic mass is 9.96. The molecule has 0 aliphatic rings. The van der Waals surface area contributed by atoms with Gasteiger partial charge in [-0.3, -0.25) is 0 Å². The van der Waals surface area contributed by atoms with Gasteiger partial charge in [-0.15, -0.1) is 11.8 Å². The van der Waals surface area contributed by atoms with E-state index >= 15 is 0 Å². The van der Waals surface area contributed by atoms with Crippen molar-refractivity contribution in [3.63, 3.8) is 0 Å². The SMILES string of the molecule is CCC=CCCCCCC(C)(CCCC)Sc1ccccc1. The highest BCUT2D eigenvalue weighted by Crippen LogP contribution is 2.40. The fourth-order valence-electron chi connectivity index (χ4n) is 2.77. The summed E-state index contributed by atoms with van der Waals surface area (Å²) in [6.45, 7) is 6.97. The molecule has 0 fully saturated rings. The smallest absolute Gasteiger partial charge is 0.0179 e. The molecule has 0 aliphatic heterocycles. The van der Waals surface area contributed by atoms with Crippen molar-refractivity contribution < 1.29 is 0 Å². The van der Waals surface area contributed by atoms with Crippen LogP contribution >= 0.6 is 11.8 Å². The topological polar surface area (TPSA) is 0 Å². The Balaban J connectivity index is 2.40. The zero-order valence-electron chi connectivity index (χ0n) is 14.8. The minimum Gasteiger partial charge on any atom is -0.120 e. The Morgan fingerprint density at radius 3 is 2.32 bits per heavy atom. The molecule has 1 unspecified atom stereocenters. The van der Waals surface area contributed by atoms with Crippen LogP contribution in [0.1, 0.15) is 78.6 Å². The predicted octanol–water partition coefficient (Wildman–Crippen LogP) is 7.64. The van der Waals surface area contributed by atoms with Gasteiger partial charge in [0.05, 0.1) is 0 Å². The number of hydrogen-bond acceptors (Lipinski definition) is 1. The van der Waals surface area contributed by atoms with Crippen LogP contribution in [0.5, 0.6) is 0 Å². The van der Waals surface area contributed by atoms with Crippen LogP contribution in [0.25, 0.3) is 0 Å². The van der Waals surface area contributed by atoms with Gasteiger partial charge >= 0.3 is 0 Å². The first kappa shape index (κ1) is 19.4. The molecule has 1 aromatic carbocycles. The maximum atomic E-state index is 2.47. The second-order valence-corrected chi connectivity index (χ2v) is 8.11. The van der Waals surface area contributed by atoms with Crippen LogP contribution < -0.4 is 0 Å². The van der Waals surface area contributed by atoms with Crippen molar-refractivity contribution in [3.05, 3.63) is 42.5 Å². The number of rotatable bonds is 12. The Morgan fingerprint density at radius 2 is 1.64 bits per heavy atom. The van der Waals surface area contributed by atoms with E-state index in [1.165, 1.54) is 62.7 Å². The Labute approximate surface area is 142 Å². The van der Waals surface area contributed by atoms with E-state index in [-0.39, 0.29) is 0 Å². The van der Waals surface area contributed by atoms with Gasteiger partial charge in [0.1, 0.15) is 0 Å². The molecule has 1 rings (SSSR count). The average molecular weight is 319 g/mol. The lowest BCUT2D eigenvalue weighted by molar-refractivity contribution is 0.486. The Bertz CT molecular complexity index is 396. The van der Waals surface area contributed by atoms with Crippen molar-refractivity contribution in [2.75, 3.05) is 0 Å². The molecule has 0 spiro atoms. The highest BCUT2D eigenvalue weighted by atomic mass is 32.2. The van der Waals surface area contributed by atoms with Gasteiger partial charge in [0.15, 0.2) is 0 Å². The van der Waals surface area contributed by atoms with Crippen LogP contribution in [0.15, 0.2) is 47.4 Å². The molecular weight excluding hydrogens is 284 g/mol. The maximum absolute atomic E-state index is 2.47. The predicted molar refractivity (Wildman–Crippen MR) is 103 cm³/mol. The van der Waals surface area contributed by atoms with E-state index in [2.05, 4.69) is 75.0 Å². The van der Waals surface area contributed by atoms with E-state index in [0.717, 1.165) is 0 Å². The van der Waals surface area contributed by atoms with Crippen molar-refractivity contribution in [2.24, 2.45) is 0 Å². The molecule has 1 atom stereocenters. The molecule has 22 heavy (non-hydrogen) atoms. The summed E-state index contributed by atoms with van der Waals surface area (Å²) in [5.74, 6) is 0. The van der Waals surface area contributed by atoms with E-state index in [4.69, 9.17) is 0 Å². The second-order valence-electron chi connectivity index (χ2n) is 6.45. The van der Waals surface area contributed by atoms with Crippen LogP contribution in [0.2, 0.25) is 0 Å². The third-order valence-electron chi connectivity index (χ3n) is 4.15. The lowest BCUT2D eigenvalue weighted by Crippen LogP contribution is -2.19. The molecule has 1 heteroatoms. The maximum Gasteiger partial charge on any atom is 0.0179 e. The fraction of sp³-hybridized carbons (Fsp3) is 0.619. The summed E-state index contributed by atoms with van der Waals surface area (Å²) in [5.41, 5.74) is 0. The zero-order valence-corrected chi connectivity index (χ0v) is 15.6. The first-order valence-corrected chi connectivity index (χ1v) is 9.91. The van der Waals surface area contributed by atoms with Crippen LogP contribution in [-0.2, 0) is 0 Å². The van der Waals surface area contributed by atoms with Gasteiger partial charge in [0.2, 0.25) is 0 Å². The van der Waals surface area contributed by atoms with Crippen molar-refractivity contribution >= 4 is 11.8 Å². The van der Waals surface area contributed by atoms with E-state index in [9.17, 15) is 0 Å². The molecule has 0 aliphatic carbocycles. The summed E-state index contributed by atoms with van der Waals surface area (Å²) in [4.78, 5) is 1.42. The van der Waals surface area contributed by atoms with Crippen molar-refractivity contribution in [1.29, 1.82) is 0 Å². The molecule has 0 radical (unpaired) electrons. The number of thioether (sulfide) groups is 1. The van der Waals surface area contributed by atoms with Crippen LogP contribution in [0, 0.1) is 0 Å². The highest BCUT2D eigenvalue weighted by molar-refractivity contribution is 8.00. The minimum absolute atomic E-state index is 0.399. The normalized spacial score (nSPS) is 14.3. The fourth-order valence-corrected chi connectivity index (χ4v) is 4.13. The molecule has 0 saturated carbocycles. The first-order chi connectivity index (χ1) is 10.7. The van der Waals surface area contributed by atoms with E-state index in [1.807, 2.05) is 0 Å². The lowest BCUT2D eigenvalue weighted by Gasteiger charge is -2.29. The monoisotopic (exact) mass is 318 g/mol. The van der Waals surface area contributed by atoms with Gasteiger partial charge in [-0.2, -0.15) is 0 Å². The summed E-state index contributed by atoms with van der Waals surface area (Å²) in [5, 5.41) is 0. The number of benzene rings is 1. The molecule has 0 amide bonds. The van der Waals surface area contributed by atoms with Crippen molar-refractivity contribution in [3.8, 4) is 0 Å². The standard InChI is InChI=1S/C21H34S/c1-4-6-8-9-10-11-15-19-21(3,18-7-5-2)22-20-16-13-12-14-17-20/h6,8,12-14,16-17H,4-5,7,9-11,15,18-19H2,1-3H3. The third kappa shape index (κ3) is 8.68. The van der Waals surface area contributed by atoms with Gasteiger partial charge < -0.3 is 0 Å². The quantitative estimate of drug-likeness (QED) is 0.217. The molecule has 0 nitrogen and oxygen atoms in total. The molecule has 0 bridgehead atoms. The van der Waals surface area contributed by atoms with E-state index < -0.39 is 0 Å². The second kappa shape index (κ2) is 11.8. The first-order valence-electron chi connectivity index (χ1n) is 9.09. The molecule has 0 aromatic heterocycles. The summed E-state index contributed by atoms with van der Waals surface area (Å²) < 4.78 is 0.399. The van der Waals surface area contributed by atoms with Crippen molar-refractivity contribution in [2.45, 2.75) is 88.2 Å². The Hall–Kier alpha value is -0.690. The molecule has 0 saturated heterocycles. The van der Waals surface area contributed by atoms with E-state index in [1.54, 1.807) is 0 Å². The minimum atomic E-state index is 0.399.